The minimum atomic E-state index is -0.188. The van der Waals surface area contributed by atoms with E-state index in [0.717, 1.165) is 11.1 Å². The highest BCUT2D eigenvalue weighted by atomic mass is 19.1. The van der Waals surface area contributed by atoms with Crippen molar-refractivity contribution in [2.75, 3.05) is 0 Å². The van der Waals surface area contributed by atoms with E-state index in [1.54, 1.807) is 24.3 Å². The fourth-order valence-corrected chi connectivity index (χ4v) is 2.35. The van der Waals surface area contributed by atoms with Crippen LogP contribution in [0.2, 0.25) is 0 Å². The van der Waals surface area contributed by atoms with Gasteiger partial charge in [0.05, 0.1) is 0 Å². The maximum Gasteiger partial charge on any atom is 0.159 e. The molecule has 1 aromatic rings. The average molecular weight is 257 g/mol. The highest BCUT2D eigenvalue weighted by Gasteiger charge is 2.20. The van der Waals surface area contributed by atoms with Crippen LogP contribution in [0.25, 0.3) is 5.57 Å². The second-order valence-corrected chi connectivity index (χ2v) is 5.11. The Morgan fingerprint density at radius 1 is 1.32 bits per heavy atom. The van der Waals surface area contributed by atoms with Crippen LogP contribution in [0.4, 0.5) is 4.39 Å². The van der Waals surface area contributed by atoms with Gasteiger partial charge in [-0.05, 0) is 43.4 Å². The zero-order valence-electron chi connectivity index (χ0n) is 11.5. The third-order valence-corrected chi connectivity index (χ3v) is 3.34. The van der Waals surface area contributed by atoms with E-state index in [4.69, 9.17) is 0 Å². The Labute approximate surface area is 113 Å². The van der Waals surface area contributed by atoms with E-state index < -0.39 is 0 Å². The number of hydrogen-bond donors (Lipinski definition) is 0. The summed E-state index contributed by atoms with van der Waals surface area (Å²) in [5.41, 5.74) is 3.04. The summed E-state index contributed by atoms with van der Waals surface area (Å²) in [7, 11) is 0. The lowest BCUT2D eigenvalue weighted by molar-refractivity contribution is 0.101. The maximum atomic E-state index is 14.2. The number of allylic oxidation sites excluding steroid dienone is 4. The van der Waals surface area contributed by atoms with Crippen molar-refractivity contribution in [1.82, 2.24) is 0 Å². The molecule has 2 rings (SSSR count). The summed E-state index contributed by atoms with van der Waals surface area (Å²) in [6.07, 6.45) is 4.28. The maximum absolute atomic E-state index is 14.2. The van der Waals surface area contributed by atoms with Gasteiger partial charge in [0.2, 0.25) is 0 Å². The number of rotatable bonds is 3. The van der Waals surface area contributed by atoms with Gasteiger partial charge < -0.3 is 0 Å². The molecule has 0 aromatic heterocycles. The van der Waals surface area contributed by atoms with Crippen molar-refractivity contribution < 1.29 is 9.18 Å². The van der Waals surface area contributed by atoms with Gasteiger partial charge in [0.25, 0.3) is 0 Å². The van der Waals surface area contributed by atoms with Crippen molar-refractivity contribution in [2.45, 2.75) is 27.2 Å². The molecule has 0 heterocycles. The number of halogens is 1. The van der Waals surface area contributed by atoms with Crippen molar-refractivity contribution in [3.8, 4) is 0 Å². The summed E-state index contributed by atoms with van der Waals surface area (Å²) >= 11 is 0. The predicted octanol–water partition coefficient (Wildman–Crippen LogP) is 4.76. The van der Waals surface area contributed by atoms with E-state index in [2.05, 4.69) is 20.3 Å². The molecule has 0 saturated heterocycles. The molecule has 0 bridgehead atoms. The summed E-state index contributed by atoms with van der Waals surface area (Å²) < 4.78 is 14.2. The van der Waals surface area contributed by atoms with Crippen molar-refractivity contribution in [1.29, 1.82) is 0 Å². The highest BCUT2D eigenvalue weighted by molar-refractivity contribution is 5.95. The molecule has 0 amide bonds. The summed E-state index contributed by atoms with van der Waals surface area (Å²) in [4.78, 5) is 11.4. The number of carbonyl (C=O) groups excluding carboxylic acids is 1. The Bertz CT molecular complexity index is 564. The second-order valence-electron chi connectivity index (χ2n) is 5.11. The summed E-state index contributed by atoms with van der Waals surface area (Å²) in [6.45, 7) is 5.63. The average Bonchev–Trinajstić information content (AvgIpc) is 2.38. The van der Waals surface area contributed by atoms with E-state index >= 15 is 0 Å². The first-order valence-corrected chi connectivity index (χ1v) is 6.55. The van der Waals surface area contributed by atoms with Crippen LogP contribution in [0.1, 0.15) is 43.1 Å². The van der Waals surface area contributed by atoms with E-state index in [-0.39, 0.29) is 17.5 Å². The van der Waals surface area contributed by atoms with Crippen LogP contribution < -0.4 is 0 Å². The number of Topliss-reactive ketones (excluding diaryl/α,β-unsaturated/α-hetero) is 1. The monoisotopic (exact) mass is 257 g/mol. The minimum Gasteiger partial charge on any atom is -0.295 e. The summed E-state index contributed by atoms with van der Waals surface area (Å²) in [5.74, 6) is 0.0695. The van der Waals surface area contributed by atoms with Crippen LogP contribution >= 0.6 is 0 Å². The first-order chi connectivity index (χ1) is 9.00. The zero-order chi connectivity index (χ0) is 14.0. The molecule has 1 radical (unpaired) electrons. The number of ketones is 1. The quantitative estimate of drug-likeness (QED) is 0.713. The molecular weight excluding hydrogens is 239 g/mol. The van der Waals surface area contributed by atoms with Gasteiger partial charge in [-0.2, -0.15) is 0 Å². The van der Waals surface area contributed by atoms with Gasteiger partial charge in [0.1, 0.15) is 5.83 Å². The van der Waals surface area contributed by atoms with Crippen LogP contribution in [-0.4, -0.2) is 5.78 Å². The summed E-state index contributed by atoms with van der Waals surface area (Å²) in [6, 6.07) is 7.19. The predicted molar refractivity (Wildman–Crippen MR) is 76.3 cm³/mol. The molecule has 0 saturated carbocycles. The van der Waals surface area contributed by atoms with Crippen LogP contribution in [-0.2, 0) is 0 Å². The fraction of sp³-hybridized carbons (Fsp3) is 0.294. The molecule has 99 valence electrons. The van der Waals surface area contributed by atoms with Crippen LogP contribution in [0.15, 0.2) is 41.7 Å². The van der Waals surface area contributed by atoms with Crippen LogP contribution in [0, 0.1) is 12.3 Å². The molecule has 0 fully saturated rings. The lowest BCUT2D eigenvalue weighted by Gasteiger charge is -2.21. The molecule has 0 spiro atoms. The molecule has 1 aromatic carbocycles. The van der Waals surface area contributed by atoms with Crippen LogP contribution in [0.3, 0.4) is 0 Å². The third kappa shape index (κ3) is 2.83. The number of carbonyl (C=O) groups is 1. The van der Waals surface area contributed by atoms with Crippen molar-refractivity contribution in [2.24, 2.45) is 5.92 Å². The smallest absolute Gasteiger partial charge is 0.159 e. The first kappa shape index (κ1) is 13.7. The topological polar surface area (TPSA) is 17.1 Å². The second kappa shape index (κ2) is 5.52. The Balaban J connectivity index is 2.57. The highest BCUT2D eigenvalue weighted by Crippen LogP contribution is 2.37. The standard InChI is InChI=1S/C17H18FO/c1-11(2)15-8-5-9-16(18)17(15)14-7-4-6-13(10-14)12(3)19/h4,6-11H,5H2,1-3H3. The zero-order valence-corrected chi connectivity index (χ0v) is 11.5. The van der Waals surface area contributed by atoms with Gasteiger partial charge in [0, 0.05) is 11.1 Å². The Kier molecular flexibility index (Phi) is 3.98. The van der Waals surface area contributed by atoms with E-state index in [9.17, 15) is 9.18 Å². The van der Waals surface area contributed by atoms with Gasteiger partial charge >= 0.3 is 0 Å². The van der Waals surface area contributed by atoms with Gasteiger partial charge in [-0.3, -0.25) is 4.79 Å². The lowest BCUT2D eigenvalue weighted by atomic mass is 9.85. The molecule has 19 heavy (non-hydrogen) atoms. The molecule has 1 nitrogen and oxygen atoms in total. The van der Waals surface area contributed by atoms with Crippen molar-refractivity contribution in [3.05, 3.63) is 59.3 Å². The van der Waals surface area contributed by atoms with Gasteiger partial charge in [-0.25, -0.2) is 4.39 Å². The number of hydrogen-bond acceptors (Lipinski definition) is 1. The van der Waals surface area contributed by atoms with Gasteiger partial charge in [-0.1, -0.05) is 37.6 Å². The Hall–Kier alpha value is -1.70. The molecule has 1 aliphatic carbocycles. The Morgan fingerprint density at radius 2 is 2.05 bits per heavy atom. The van der Waals surface area contributed by atoms with Gasteiger partial charge in [0.15, 0.2) is 5.78 Å². The molecule has 0 aliphatic heterocycles. The number of benzene rings is 1. The van der Waals surface area contributed by atoms with E-state index in [1.807, 2.05) is 6.07 Å². The fourth-order valence-electron chi connectivity index (χ4n) is 2.35. The third-order valence-electron chi connectivity index (χ3n) is 3.34. The lowest BCUT2D eigenvalue weighted by Crippen LogP contribution is -2.05. The summed E-state index contributed by atoms with van der Waals surface area (Å²) in [5, 5.41) is 0. The molecule has 0 unspecified atom stereocenters. The van der Waals surface area contributed by atoms with Crippen LogP contribution in [0.5, 0.6) is 0 Å². The van der Waals surface area contributed by atoms with Gasteiger partial charge in [-0.15, -0.1) is 0 Å². The van der Waals surface area contributed by atoms with E-state index in [1.165, 1.54) is 6.92 Å². The molecular formula is C17H18FO. The Morgan fingerprint density at radius 3 is 2.68 bits per heavy atom. The molecule has 1 aliphatic rings. The normalized spacial score (nSPS) is 15.7. The SMILES string of the molecule is CC(=O)c1cccc(C2=C(C(C)C)[CH]CC=C2F)c1. The largest absolute Gasteiger partial charge is 0.295 e. The molecule has 0 N–H and O–H groups in total. The van der Waals surface area contributed by atoms with Crippen molar-refractivity contribution >= 4 is 11.4 Å². The van der Waals surface area contributed by atoms with E-state index in [0.29, 0.717) is 17.6 Å². The minimum absolute atomic E-state index is 0.00211. The molecule has 2 heteroatoms. The first-order valence-electron chi connectivity index (χ1n) is 6.55. The van der Waals surface area contributed by atoms with Crippen molar-refractivity contribution in [3.63, 3.8) is 0 Å². The molecule has 0 atom stereocenters.